The normalized spacial score (nSPS) is 23.5. The fourth-order valence-corrected chi connectivity index (χ4v) is 4.85. The summed E-state index contributed by atoms with van der Waals surface area (Å²) in [6.07, 6.45) is 2.28. The van der Waals surface area contributed by atoms with Gasteiger partial charge < -0.3 is 31.5 Å². The number of oxime groups is 1. The molecule has 188 valence electrons. The maximum Gasteiger partial charge on any atom is 0.354 e. The molecule has 3 atom stereocenters. The van der Waals surface area contributed by atoms with Crippen molar-refractivity contribution in [2.24, 2.45) is 15.9 Å². The summed E-state index contributed by atoms with van der Waals surface area (Å²) in [5, 5.41) is 19.7. The highest BCUT2D eigenvalue weighted by atomic mass is 32.1. The molecular formula is C24H32N6O4S. The van der Waals surface area contributed by atoms with Crippen molar-refractivity contribution in [1.82, 2.24) is 10.3 Å². The van der Waals surface area contributed by atoms with Gasteiger partial charge in [-0.15, -0.1) is 11.3 Å². The van der Waals surface area contributed by atoms with E-state index < -0.39 is 17.7 Å². The molecule has 0 fully saturated rings. The number of anilines is 1. The highest BCUT2D eigenvalue weighted by molar-refractivity contribution is 7.13. The monoisotopic (exact) mass is 500 g/mol. The van der Waals surface area contributed by atoms with Crippen LogP contribution in [0.15, 0.2) is 33.7 Å². The minimum atomic E-state index is -1.68. The number of ether oxygens (including phenoxy) is 1. The highest BCUT2D eigenvalue weighted by Gasteiger charge is 2.48. The summed E-state index contributed by atoms with van der Waals surface area (Å²) in [5.41, 5.74) is 12.6. The molecule has 3 heterocycles. The summed E-state index contributed by atoms with van der Waals surface area (Å²) in [6.45, 7) is 6.69. The number of aliphatic imine (C=N–C) groups is 1. The van der Waals surface area contributed by atoms with Crippen LogP contribution in [0, 0.1) is 0 Å². The second-order valence-electron chi connectivity index (χ2n) is 9.46. The maximum absolute atomic E-state index is 12.2. The first kappa shape index (κ1) is 24.9. The van der Waals surface area contributed by atoms with Crippen LogP contribution >= 0.6 is 11.3 Å². The Morgan fingerprint density at radius 2 is 2.29 bits per heavy atom. The summed E-state index contributed by atoms with van der Waals surface area (Å²) >= 11 is 1.28. The lowest BCUT2D eigenvalue weighted by Gasteiger charge is -2.35. The number of hydrogen-bond donors (Lipinski definition) is 4. The van der Waals surface area contributed by atoms with E-state index in [0.29, 0.717) is 48.2 Å². The average Bonchev–Trinajstić information content (AvgIpc) is 3.46. The van der Waals surface area contributed by atoms with Crippen LogP contribution in [0.2, 0.25) is 0 Å². The molecule has 0 saturated carbocycles. The third-order valence-corrected chi connectivity index (χ3v) is 7.20. The number of rotatable bonds is 9. The lowest BCUT2D eigenvalue weighted by molar-refractivity contribution is -0.178. The van der Waals surface area contributed by atoms with Crippen LogP contribution in [0.4, 0.5) is 5.13 Å². The summed E-state index contributed by atoms with van der Waals surface area (Å²) in [6, 6.07) is 5.86. The van der Waals surface area contributed by atoms with Gasteiger partial charge in [-0.3, -0.25) is 4.99 Å². The van der Waals surface area contributed by atoms with Crippen LogP contribution in [-0.4, -0.2) is 57.9 Å². The molecule has 1 aromatic carbocycles. The number of carboxylic acid groups (broad SMARTS) is 1. The zero-order valence-corrected chi connectivity index (χ0v) is 21.0. The van der Waals surface area contributed by atoms with Gasteiger partial charge in [-0.2, -0.15) is 0 Å². The van der Waals surface area contributed by atoms with E-state index >= 15 is 0 Å². The van der Waals surface area contributed by atoms with Gasteiger partial charge >= 0.3 is 5.97 Å². The first-order valence-electron chi connectivity index (χ1n) is 11.6. The molecular weight excluding hydrogens is 468 g/mol. The Kier molecular flexibility index (Phi) is 7.00. The third kappa shape index (κ3) is 5.25. The number of carbonyl (C=O) groups is 1. The molecule has 6 N–H and O–H groups in total. The van der Waals surface area contributed by atoms with E-state index in [0.717, 1.165) is 29.8 Å². The summed E-state index contributed by atoms with van der Waals surface area (Å²) in [4.78, 5) is 26.6. The summed E-state index contributed by atoms with van der Waals surface area (Å²) < 4.78 is 6.13. The van der Waals surface area contributed by atoms with Crippen LogP contribution in [0.5, 0.6) is 5.75 Å². The third-order valence-electron chi connectivity index (χ3n) is 6.52. The number of amidine groups is 1. The molecule has 0 amide bonds. The molecule has 10 nitrogen and oxygen atoms in total. The van der Waals surface area contributed by atoms with E-state index in [1.807, 2.05) is 12.1 Å². The molecule has 1 aromatic heterocycles. The number of nitrogens with one attached hydrogen (secondary N) is 1. The van der Waals surface area contributed by atoms with Crippen molar-refractivity contribution >= 4 is 34.0 Å². The molecule has 4 rings (SSSR count). The quantitative estimate of drug-likeness (QED) is 0.302. The van der Waals surface area contributed by atoms with E-state index in [1.54, 1.807) is 12.3 Å². The first-order valence-corrected chi connectivity index (χ1v) is 12.5. The fourth-order valence-electron chi connectivity index (χ4n) is 4.24. The van der Waals surface area contributed by atoms with Crippen molar-refractivity contribution in [1.29, 1.82) is 0 Å². The van der Waals surface area contributed by atoms with Gasteiger partial charge in [-0.25, -0.2) is 9.78 Å². The van der Waals surface area contributed by atoms with Gasteiger partial charge in [0, 0.05) is 10.9 Å². The molecule has 2 aromatic rings. The standard InChI is InChI=1S/C24H32N6O4S/c1-14(17-12-35-22(26)28-17)30-34-24(3,21(31)32)19-8-6-15-11-16(5-7-18(15)33-19)20-27-13-23(2,29-20)9-4-10-25/h5,7,11-12,19H,4,6,8-10,13,25H2,1-3H3,(H2,26,28)(H,27,29)(H,31,32)/b30-14+. The van der Waals surface area contributed by atoms with Crippen molar-refractivity contribution in [3.63, 3.8) is 0 Å². The Morgan fingerprint density at radius 1 is 1.49 bits per heavy atom. The number of nitrogens with two attached hydrogens (primary N) is 2. The minimum Gasteiger partial charge on any atom is -0.485 e. The topological polar surface area (TPSA) is 157 Å². The maximum atomic E-state index is 12.2. The van der Waals surface area contributed by atoms with Gasteiger partial charge in [0.15, 0.2) is 11.2 Å². The van der Waals surface area contributed by atoms with Gasteiger partial charge in [0.2, 0.25) is 0 Å². The molecule has 0 spiro atoms. The number of aromatic nitrogens is 1. The van der Waals surface area contributed by atoms with Crippen molar-refractivity contribution in [3.05, 3.63) is 40.4 Å². The van der Waals surface area contributed by atoms with E-state index in [-0.39, 0.29) is 5.54 Å². The lowest BCUT2D eigenvalue weighted by atomic mass is 9.90. The lowest BCUT2D eigenvalue weighted by Crippen LogP contribution is -2.52. The Hall–Kier alpha value is -3.18. The molecule has 0 saturated heterocycles. The van der Waals surface area contributed by atoms with E-state index in [2.05, 4.69) is 28.4 Å². The number of nitrogens with zero attached hydrogens (tertiary/aromatic N) is 3. The number of fused-ring (bicyclic) bond motifs is 1. The summed E-state index contributed by atoms with van der Waals surface area (Å²) in [5.74, 6) is 0.345. The zero-order chi connectivity index (χ0) is 25.2. The SMILES string of the molecule is C/C(=N\OC(C)(C(=O)O)C1CCc2cc(C3=NCC(C)(CCCN)N3)ccc2O1)c1csc(N)n1. The van der Waals surface area contributed by atoms with Crippen LogP contribution < -0.4 is 21.5 Å². The number of aryl methyl sites for hydroxylation is 1. The number of aliphatic carboxylic acids is 1. The molecule has 2 aliphatic heterocycles. The second-order valence-corrected chi connectivity index (χ2v) is 10.4. The molecule has 0 aliphatic carbocycles. The molecule has 11 heteroatoms. The predicted octanol–water partition coefficient (Wildman–Crippen LogP) is 2.55. The van der Waals surface area contributed by atoms with Gasteiger partial charge in [-0.1, -0.05) is 5.16 Å². The largest absolute Gasteiger partial charge is 0.485 e. The molecule has 2 aliphatic rings. The molecule has 0 radical (unpaired) electrons. The zero-order valence-electron chi connectivity index (χ0n) is 20.2. The predicted molar refractivity (Wildman–Crippen MR) is 136 cm³/mol. The van der Waals surface area contributed by atoms with Crippen LogP contribution in [0.25, 0.3) is 0 Å². The Balaban J connectivity index is 1.47. The Labute approximate surface area is 208 Å². The van der Waals surface area contributed by atoms with E-state index in [1.165, 1.54) is 18.3 Å². The molecule has 35 heavy (non-hydrogen) atoms. The smallest absolute Gasteiger partial charge is 0.354 e. The van der Waals surface area contributed by atoms with Gasteiger partial charge in [0.25, 0.3) is 5.60 Å². The number of carboxylic acids is 1. The van der Waals surface area contributed by atoms with Crippen molar-refractivity contribution in [3.8, 4) is 5.75 Å². The number of thiazole rings is 1. The van der Waals surface area contributed by atoms with Gasteiger partial charge in [0.1, 0.15) is 23.0 Å². The van der Waals surface area contributed by atoms with Crippen molar-refractivity contribution in [2.75, 3.05) is 18.8 Å². The molecule has 3 unspecified atom stereocenters. The molecule has 0 bridgehead atoms. The number of nitrogen functional groups attached to an aromatic ring is 1. The van der Waals surface area contributed by atoms with Gasteiger partial charge in [-0.05, 0) is 76.8 Å². The van der Waals surface area contributed by atoms with Crippen molar-refractivity contribution in [2.45, 2.75) is 63.7 Å². The van der Waals surface area contributed by atoms with Crippen LogP contribution in [-0.2, 0) is 16.1 Å². The number of benzene rings is 1. The first-order chi connectivity index (χ1) is 16.6. The van der Waals surface area contributed by atoms with Crippen LogP contribution in [0.1, 0.15) is 56.9 Å². The van der Waals surface area contributed by atoms with E-state index in [9.17, 15) is 9.90 Å². The highest BCUT2D eigenvalue weighted by Crippen LogP contribution is 2.35. The average molecular weight is 501 g/mol. The second kappa shape index (κ2) is 9.82. The summed E-state index contributed by atoms with van der Waals surface area (Å²) in [7, 11) is 0. The fraction of sp³-hybridized carbons (Fsp3) is 0.500. The Bertz CT molecular complexity index is 1160. The minimum absolute atomic E-state index is 0.0875. The number of hydrogen-bond acceptors (Lipinski definition) is 10. The Morgan fingerprint density at radius 3 is 2.97 bits per heavy atom. The van der Waals surface area contributed by atoms with Gasteiger partial charge in [0.05, 0.1) is 12.1 Å². The van der Waals surface area contributed by atoms with Crippen molar-refractivity contribution < 1.29 is 19.5 Å². The van der Waals surface area contributed by atoms with Crippen LogP contribution in [0.3, 0.4) is 0 Å². The van der Waals surface area contributed by atoms with E-state index in [4.69, 9.17) is 26.0 Å².